The molecule has 7 rings (SSSR count). The molecule has 2 aliphatic rings. The van der Waals surface area contributed by atoms with Crippen LogP contribution in [0, 0.1) is 5.92 Å². The normalized spacial score (nSPS) is 16.8. The molecule has 53 heavy (non-hydrogen) atoms. The van der Waals surface area contributed by atoms with E-state index in [2.05, 4.69) is 10.3 Å². The molecule has 1 unspecified atom stereocenters. The first-order chi connectivity index (χ1) is 25.2. The molecule has 1 aliphatic heterocycles. The van der Waals surface area contributed by atoms with Crippen molar-refractivity contribution in [3.05, 3.63) is 60.0 Å². The number of aromatic nitrogens is 6. The number of nitrogens with zero attached hydrogens (tertiary/aromatic N) is 7. The van der Waals surface area contributed by atoms with E-state index in [1.165, 1.54) is 0 Å². The van der Waals surface area contributed by atoms with E-state index < -0.39 is 23.4 Å². The monoisotopic (exact) mass is 725 g/mol. The number of hydrogen-bond donors (Lipinski definition) is 0. The minimum Gasteiger partial charge on any atom is -0.497 e. The van der Waals surface area contributed by atoms with Crippen LogP contribution < -0.4 is 4.74 Å². The SMILES string of the molecule is COc1cc(-c2cn(Cc3ccc4cc(CN(CC5CCC5)C(=O)OC(C)(C)C)n(C(=O)OC(C)(C)C)c4c3)nn2)c2cnn(C3CCCCO3)c2c1. The maximum absolute atomic E-state index is 13.9. The van der Waals surface area contributed by atoms with Crippen molar-refractivity contribution < 1.29 is 28.5 Å². The Labute approximate surface area is 310 Å². The highest BCUT2D eigenvalue weighted by Crippen LogP contribution is 2.35. The number of methoxy groups -OCH3 is 1. The van der Waals surface area contributed by atoms with Crippen molar-refractivity contribution in [2.24, 2.45) is 5.92 Å². The average molecular weight is 726 g/mol. The molecule has 3 aromatic heterocycles. The van der Waals surface area contributed by atoms with Crippen molar-refractivity contribution >= 4 is 34.0 Å². The number of amides is 1. The van der Waals surface area contributed by atoms with Crippen LogP contribution in [-0.2, 0) is 27.3 Å². The molecule has 4 heterocycles. The molecule has 2 fully saturated rings. The van der Waals surface area contributed by atoms with Crippen LogP contribution in [0.4, 0.5) is 9.59 Å². The Morgan fingerprint density at radius 3 is 2.42 bits per heavy atom. The van der Waals surface area contributed by atoms with Crippen LogP contribution in [0.25, 0.3) is 33.1 Å². The smallest absolute Gasteiger partial charge is 0.419 e. The molecule has 5 aromatic rings. The minimum atomic E-state index is -0.720. The van der Waals surface area contributed by atoms with Crippen molar-refractivity contribution in [1.82, 2.24) is 34.2 Å². The molecule has 1 amide bonds. The summed E-state index contributed by atoms with van der Waals surface area (Å²) in [7, 11) is 1.65. The van der Waals surface area contributed by atoms with Gasteiger partial charge in [0, 0.05) is 41.2 Å². The lowest BCUT2D eigenvalue weighted by atomic mass is 9.85. The van der Waals surface area contributed by atoms with Gasteiger partial charge in [0.25, 0.3) is 0 Å². The van der Waals surface area contributed by atoms with Crippen LogP contribution in [0.3, 0.4) is 0 Å². The highest BCUT2D eigenvalue weighted by atomic mass is 16.6. The second kappa shape index (κ2) is 14.5. The van der Waals surface area contributed by atoms with Crippen LogP contribution in [-0.4, -0.2) is 77.9 Å². The third-order valence-corrected chi connectivity index (χ3v) is 9.74. The summed E-state index contributed by atoms with van der Waals surface area (Å²) < 4.78 is 28.8. The highest BCUT2D eigenvalue weighted by Gasteiger charge is 2.30. The Morgan fingerprint density at radius 1 is 0.943 bits per heavy atom. The van der Waals surface area contributed by atoms with Crippen molar-refractivity contribution in [1.29, 1.82) is 0 Å². The van der Waals surface area contributed by atoms with Gasteiger partial charge in [-0.15, -0.1) is 5.10 Å². The molecule has 13 heteroatoms. The zero-order valence-electron chi connectivity index (χ0n) is 31.9. The van der Waals surface area contributed by atoms with Gasteiger partial charge in [0.1, 0.15) is 22.6 Å². The number of ether oxygens (including phenoxy) is 4. The van der Waals surface area contributed by atoms with Gasteiger partial charge in [-0.3, -0.25) is 0 Å². The summed E-state index contributed by atoms with van der Waals surface area (Å²) >= 11 is 0. The fourth-order valence-electron chi connectivity index (χ4n) is 7.04. The lowest BCUT2D eigenvalue weighted by Crippen LogP contribution is -2.41. The second-order valence-corrected chi connectivity index (χ2v) is 16.3. The minimum absolute atomic E-state index is 0.116. The molecule has 1 saturated carbocycles. The molecule has 0 N–H and O–H groups in total. The Kier molecular flexibility index (Phi) is 9.96. The molecule has 1 aliphatic carbocycles. The number of hydrogen-bond acceptors (Lipinski definition) is 9. The first kappa shape index (κ1) is 36.4. The van der Waals surface area contributed by atoms with Crippen molar-refractivity contribution in [2.75, 3.05) is 20.3 Å². The summed E-state index contributed by atoms with van der Waals surface area (Å²) in [5.41, 5.74) is 3.36. The van der Waals surface area contributed by atoms with Gasteiger partial charge >= 0.3 is 12.2 Å². The van der Waals surface area contributed by atoms with Crippen LogP contribution in [0.2, 0.25) is 0 Å². The average Bonchev–Trinajstić information content (AvgIpc) is 3.81. The largest absolute Gasteiger partial charge is 0.497 e. The fourth-order valence-corrected chi connectivity index (χ4v) is 7.04. The quantitative estimate of drug-likeness (QED) is 0.147. The van der Waals surface area contributed by atoms with Crippen molar-refractivity contribution in [2.45, 2.75) is 111 Å². The number of fused-ring (bicyclic) bond motifs is 2. The summed E-state index contributed by atoms with van der Waals surface area (Å²) in [6, 6.07) is 11.9. The van der Waals surface area contributed by atoms with Crippen LogP contribution in [0.1, 0.15) is 97.6 Å². The van der Waals surface area contributed by atoms with Gasteiger partial charge in [-0.1, -0.05) is 23.8 Å². The number of rotatable bonds is 9. The molecule has 1 saturated heterocycles. The van der Waals surface area contributed by atoms with Crippen LogP contribution in [0.5, 0.6) is 5.75 Å². The van der Waals surface area contributed by atoms with E-state index in [0.717, 1.165) is 72.5 Å². The standard InChI is InChI=1S/C40H51N7O6/c1-39(2,3)52-37(48)44(22-26-11-10-12-26)24-29-18-28-15-14-27(17-34(28)46(29)38(49)53-40(4,5)6)23-45-25-33(42-43-45)31-19-30(50-7)20-35-32(31)21-41-47(35)36-13-8-9-16-51-36/h14-15,17-21,25-26,36H,8-13,16,22-24H2,1-7H3. The Morgan fingerprint density at radius 2 is 1.74 bits per heavy atom. The summed E-state index contributed by atoms with van der Waals surface area (Å²) in [5.74, 6) is 1.11. The second-order valence-electron chi connectivity index (χ2n) is 16.3. The van der Waals surface area contributed by atoms with Gasteiger partial charge in [0.05, 0.1) is 43.6 Å². The predicted octanol–water partition coefficient (Wildman–Crippen LogP) is 8.33. The van der Waals surface area contributed by atoms with E-state index in [1.807, 2.05) is 95.0 Å². The zero-order valence-corrected chi connectivity index (χ0v) is 31.9. The summed E-state index contributed by atoms with van der Waals surface area (Å²) in [5, 5.41) is 15.5. The van der Waals surface area contributed by atoms with E-state index in [9.17, 15) is 9.59 Å². The predicted molar refractivity (Wildman–Crippen MR) is 201 cm³/mol. The highest BCUT2D eigenvalue weighted by molar-refractivity contribution is 5.95. The van der Waals surface area contributed by atoms with Gasteiger partial charge in [-0.2, -0.15) is 5.10 Å². The molecular weight excluding hydrogens is 674 g/mol. The molecule has 13 nitrogen and oxygen atoms in total. The third-order valence-electron chi connectivity index (χ3n) is 9.74. The van der Waals surface area contributed by atoms with E-state index >= 15 is 0 Å². The number of carbonyl (C=O) groups excluding carboxylic acids is 2. The molecule has 282 valence electrons. The van der Waals surface area contributed by atoms with Gasteiger partial charge in [0.15, 0.2) is 6.23 Å². The maximum atomic E-state index is 13.9. The van der Waals surface area contributed by atoms with E-state index in [-0.39, 0.29) is 12.8 Å². The van der Waals surface area contributed by atoms with Crippen molar-refractivity contribution in [3.63, 3.8) is 0 Å². The zero-order chi connectivity index (χ0) is 37.5. The molecule has 1 atom stereocenters. The van der Waals surface area contributed by atoms with E-state index in [1.54, 1.807) is 21.3 Å². The Balaban J connectivity index is 1.20. The first-order valence-electron chi connectivity index (χ1n) is 18.7. The summed E-state index contributed by atoms with van der Waals surface area (Å²) in [6.45, 7) is 13.0. The molecule has 2 aromatic carbocycles. The molecule has 0 bridgehead atoms. The Hall–Kier alpha value is -4.91. The first-order valence-corrected chi connectivity index (χ1v) is 18.7. The lowest BCUT2D eigenvalue weighted by Gasteiger charge is -2.33. The van der Waals surface area contributed by atoms with E-state index in [4.69, 9.17) is 24.0 Å². The number of benzene rings is 2. The van der Waals surface area contributed by atoms with Crippen LogP contribution >= 0.6 is 0 Å². The molecular formula is C40H51N7O6. The van der Waals surface area contributed by atoms with Gasteiger partial charge in [0.2, 0.25) is 0 Å². The van der Waals surface area contributed by atoms with Crippen molar-refractivity contribution in [3.8, 4) is 17.0 Å². The Bertz CT molecular complexity index is 2110. The van der Waals surface area contributed by atoms with Gasteiger partial charge < -0.3 is 23.8 Å². The lowest BCUT2D eigenvalue weighted by molar-refractivity contribution is -0.0366. The maximum Gasteiger partial charge on any atom is 0.419 e. The van der Waals surface area contributed by atoms with Gasteiger partial charge in [-0.25, -0.2) is 23.5 Å². The van der Waals surface area contributed by atoms with Gasteiger partial charge in [-0.05, 0) is 103 Å². The topological polar surface area (TPSA) is 128 Å². The van der Waals surface area contributed by atoms with Crippen LogP contribution in [0.15, 0.2) is 48.8 Å². The summed E-state index contributed by atoms with van der Waals surface area (Å²) in [6.07, 6.45) is 9.11. The number of carbonyl (C=O) groups is 2. The molecule has 0 spiro atoms. The molecule has 0 radical (unpaired) electrons. The fraction of sp³-hybridized carbons (Fsp3) is 0.525. The third kappa shape index (κ3) is 8.19. The van der Waals surface area contributed by atoms with E-state index in [0.29, 0.717) is 41.7 Å². The summed E-state index contributed by atoms with van der Waals surface area (Å²) in [4.78, 5) is 29.1.